The van der Waals surface area contributed by atoms with Gasteiger partial charge in [0.25, 0.3) is 5.91 Å². The molecule has 0 bridgehead atoms. The van der Waals surface area contributed by atoms with Crippen LogP contribution in [0.25, 0.3) is 0 Å². The number of hydrogen-bond donors (Lipinski definition) is 0. The molecule has 0 spiro atoms. The first kappa shape index (κ1) is 11.6. The topological polar surface area (TPSA) is 55.3 Å². The van der Waals surface area contributed by atoms with E-state index in [0.717, 1.165) is 0 Å². The summed E-state index contributed by atoms with van der Waals surface area (Å²) in [6.07, 6.45) is 0. The number of carbonyl (C=O) groups excluding carboxylic acids is 1. The number of ether oxygens (including phenoxy) is 1. The molecule has 1 aromatic rings. The summed E-state index contributed by atoms with van der Waals surface area (Å²) in [4.78, 5) is 13.7. The van der Waals surface area contributed by atoms with Crippen LogP contribution in [-0.4, -0.2) is 47.3 Å². The zero-order valence-corrected chi connectivity index (χ0v) is 9.83. The van der Waals surface area contributed by atoms with Gasteiger partial charge in [-0.1, -0.05) is 23.2 Å². The first-order chi connectivity index (χ1) is 7.68. The van der Waals surface area contributed by atoms with Gasteiger partial charge in [0.2, 0.25) is 0 Å². The predicted molar refractivity (Wildman–Crippen MR) is 58.8 cm³/mol. The van der Waals surface area contributed by atoms with Gasteiger partial charge in [-0.15, -0.1) is 10.2 Å². The quantitative estimate of drug-likeness (QED) is 0.764. The summed E-state index contributed by atoms with van der Waals surface area (Å²) >= 11 is 11.5. The van der Waals surface area contributed by atoms with Crippen LogP contribution in [0.2, 0.25) is 10.3 Å². The van der Waals surface area contributed by atoms with Gasteiger partial charge in [0.05, 0.1) is 18.8 Å². The average Bonchev–Trinajstić information content (AvgIpc) is 2.32. The number of morpholine rings is 1. The number of nitrogens with zero attached hydrogens (tertiary/aromatic N) is 3. The summed E-state index contributed by atoms with van der Waals surface area (Å²) < 4.78 is 5.16. The molecule has 0 radical (unpaired) electrons. The van der Waals surface area contributed by atoms with E-state index < -0.39 is 0 Å². The second kappa shape index (κ2) is 4.95. The zero-order valence-electron chi connectivity index (χ0n) is 8.32. The molecule has 2 heterocycles. The summed E-state index contributed by atoms with van der Waals surface area (Å²) in [7, 11) is 0. The van der Waals surface area contributed by atoms with Gasteiger partial charge in [-0.05, 0) is 6.07 Å². The normalized spacial score (nSPS) is 16.2. The molecular weight excluding hydrogens is 253 g/mol. The lowest BCUT2D eigenvalue weighted by Gasteiger charge is -2.26. The van der Waals surface area contributed by atoms with Crippen LogP contribution in [0.5, 0.6) is 0 Å². The van der Waals surface area contributed by atoms with E-state index in [-0.39, 0.29) is 21.8 Å². The molecule has 1 aliphatic heterocycles. The first-order valence-corrected chi connectivity index (χ1v) is 5.50. The average molecular weight is 262 g/mol. The van der Waals surface area contributed by atoms with E-state index in [1.165, 1.54) is 6.07 Å². The van der Waals surface area contributed by atoms with E-state index >= 15 is 0 Å². The van der Waals surface area contributed by atoms with Crippen molar-refractivity contribution in [1.82, 2.24) is 15.1 Å². The van der Waals surface area contributed by atoms with Gasteiger partial charge in [-0.25, -0.2) is 0 Å². The highest BCUT2D eigenvalue weighted by atomic mass is 35.5. The monoisotopic (exact) mass is 261 g/mol. The second-order valence-corrected chi connectivity index (χ2v) is 4.02. The molecule has 0 saturated carbocycles. The number of hydrogen-bond acceptors (Lipinski definition) is 4. The largest absolute Gasteiger partial charge is 0.378 e. The highest BCUT2D eigenvalue weighted by Gasteiger charge is 2.21. The Hall–Kier alpha value is -0.910. The van der Waals surface area contributed by atoms with Crippen molar-refractivity contribution in [3.05, 3.63) is 21.9 Å². The second-order valence-electron chi connectivity index (χ2n) is 3.28. The molecular formula is C9H9Cl2N3O2. The van der Waals surface area contributed by atoms with Crippen molar-refractivity contribution in [2.24, 2.45) is 0 Å². The Morgan fingerprint density at radius 2 is 2.00 bits per heavy atom. The van der Waals surface area contributed by atoms with Crippen LogP contribution in [0.15, 0.2) is 6.07 Å². The van der Waals surface area contributed by atoms with Gasteiger partial charge < -0.3 is 9.64 Å². The van der Waals surface area contributed by atoms with Gasteiger partial charge in [-0.3, -0.25) is 4.79 Å². The molecule has 16 heavy (non-hydrogen) atoms. The van der Waals surface area contributed by atoms with Crippen molar-refractivity contribution in [2.75, 3.05) is 26.3 Å². The van der Waals surface area contributed by atoms with E-state index in [4.69, 9.17) is 27.9 Å². The Labute approximate surface area is 102 Å². The minimum Gasteiger partial charge on any atom is -0.378 e. The van der Waals surface area contributed by atoms with E-state index in [2.05, 4.69) is 10.2 Å². The Bertz CT molecular complexity index is 408. The molecule has 1 amide bonds. The van der Waals surface area contributed by atoms with Crippen LogP contribution in [0, 0.1) is 0 Å². The maximum atomic E-state index is 12.0. The summed E-state index contributed by atoms with van der Waals surface area (Å²) in [6, 6.07) is 1.43. The summed E-state index contributed by atoms with van der Waals surface area (Å²) in [5.41, 5.74) is 0.281. The molecule has 86 valence electrons. The van der Waals surface area contributed by atoms with Gasteiger partial charge in [-0.2, -0.15) is 0 Å². The van der Waals surface area contributed by atoms with Crippen molar-refractivity contribution in [2.45, 2.75) is 0 Å². The van der Waals surface area contributed by atoms with E-state index in [1.54, 1.807) is 4.90 Å². The highest BCUT2D eigenvalue weighted by Crippen LogP contribution is 2.17. The van der Waals surface area contributed by atoms with Crippen molar-refractivity contribution in [3.8, 4) is 0 Å². The predicted octanol–water partition coefficient (Wildman–Crippen LogP) is 1.26. The third-order valence-electron chi connectivity index (χ3n) is 2.25. The lowest BCUT2D eigenvalue weighted by molar-refractivity contribution is 0.0302. The maximum Gasteiger partial charge on any atom is 0.257 e. The van der Waals surface area contributed by atoms with Crippen LogP contribution in [0.3, 0.4) is 0 Å². The Balaban J connectivity index is 2.22. The molecule has 1 aromatic heterocycles. The highest BCUT2D eigenvalue weighted by molar-refractivity contribution is 6.34. The minimum atomic E-state index is -0.190. The van der Waals surface area contributed by atoms with Crippen LogP contribution in [0.4, 0.5) is 0 Å². The molecule has 2 rings (SSSR count). The summed E-state index contributed by atoms with van der Waals surface area (Å²) in [5.74, 6) is -0.190. The summed E-state index contributed by atoms with van der Waals surface area (Å²) in [6.45, 7) is 2.18. The van der Waals surface area contributed by atoms with Crippen molar-refractivity contribution in [3.63, 3.8) is 0 Å². The zero-order chi connectivity index (χ0) is 11.5. The van der Waals surface area contributed by atoms with Crippen molar-refractivity contribution >= 4 is 29.1 Å². The smallest absolute Gasteiger partial charge is 0.257 e. The molecule has 5 nitrogen and oxygen atoms in total. The minimum absolute atomic E-state index is 0.0703. The van der Waals surface area contributed by atoms with Gasteiger partial charge in [0.1, 0.15) is 0 Å². The van der Waals surface area contributed by atoms with Gasteiger partial charge in [0, 0.05) is 13.1 Å². The number of halogens is 2. The Morgan fingerprint density at radius 1 is 1.31 bits per heavy atom. The van der Waals surface area contributed by atoms with Crippen LogP contribution in [0.1, 0.15) is 10.4 Å². The van der Waals surface area contributed by atoms with E-state index in [0.29, 0.717) is 26.3 Å². The third kappa shape index (κ3) is 2.42. The summed E-state index contributed by atoms with van der Waals surface area (Å²) in [5, 5.41) is 7.38. The number of aromatic nitrogens is 2. The molecule has 1 aliphatic rings. The number of carbonyl (C=O) groups is 1. The molecule has 1 fully saturated rings. The molecule has 0 N–H and O–H groups in total. The first-order valence-electron chi connectivity index (χ1n) is 4.74. The third-order valence-corrected chi connectivity index (χ3v) is 2.71. The Morgan fingerprint density at radius 3 is 2.69 bits per heavy atom. The molecule has 1 saturated heterocycles. The number of rotatable bonds is 1. The van der Waals surface area contributed by atoms with E-state index in [1.807, 2.05) is 0 Å². The van der Waals surface area contributed by atoms with E-state index in [9.17, 15) is 4.79 Å². The Kier molecular flexibility index (Phi) is 3.58. The van der Waals surface area contributed by atoms with Crippen molar-refractivity contribution < 1.29 is 9.53 Å². The van der Waals surface area contributed by atoms with Gasteiger partial charge in [0.15, 0.2) is 10.3 Å². The molecule has 0 aromatic carbocycles. The van der Waals surface area contributed by atoms with Crippen LogP contribution < -0.4 is 0 Å². The van der Waals surface area contributed by atoms with Gasteiger partial charge >= 0.3 is 0 Å². The molecule has 0 unspecified atom stereocenters. The standard InChI is InChI=1S/C9H9Cl2N3O2/c10-7-5-6(8(11)13-12-7)9(15)14-1-3-16-4-2-14/h5H,1-4H2. The SMILES string of the molecule is O=C(c1cc(Cl)nnc1Cl)N1CCOCC1. The van der Waals surface area contributed by atoms with Crippen LogP contribution in [-0.2, 0) is 4.74 Å². The number of amides is 1. The fourth-order valence-corrected chi connectivity index (χ4v) is 1.76. The van der Waals surface area contributed by atoms with Crippen LogP contribution >= 0.6 is 23.2 Å². The molecule has 7 heteroatoms. The van der Waals surface area contributed by atoms with Crippen molar-refractivity contribution in [1.29, 1.82) is 0 Å². The lowest BCUT2D eigenvalue weighted by atomic mass is 10.2. The lowest BCUT2D eigenvalue weighted by Crippen LogP contribution is -2.40. The fraction of sp³-hybridized carbons (Fsp3) is 0.444. The fourth-order valence-electron chi connectivity index (χ4n) is 1.44. The maximum absolute atomic E-state index is 12.0. The molecule has 0 atom stereocenters. The molecule has 0 aliphatic carbocycles.